The van der Waals surface area contributed by atoms with Crippen molar-refractivity contribution in [1.29, 1.82) is 0 Å². The minimum Gasteiger partial charge on any atom is -0.322 e. The first-order valence-electron chi connectivity index (χ1n) is 7.45. The van der Waals surface area contributed by atoms with Gasteiger partial charge in [0.15, 0.2) is 5.16 Å². The van der Waals surface area contributed by atoms with Crippen LogP contribution in [0.25, 0.3) is 0 Å². The Morgan fingerprint density at radius 2 is 1.85 bits per heavy atom. The van der Waals surface area contributed by atoms with E-state index in [1.165, 1.54) is 17.8 Å². The normalized spacial score (nSPS) is 10.6. The van der Waals surface area contributed by atoms with Crippen molar-refractivity contribution in [2.45, 2.75) is 17.0 Å². The van der Waals surface area contributed by atoms with E-state index in [-0.39, 0.29) is 15.6 Å². The van der Waals surface area contributed by atoms with Crippen LogP contribution in [-0.4, -0.2) is 15.9 Å². The second-order valence-electron chi connectivity index (χ2n) is 5.31. The van der Waals surface area contributed by atoms with Crippen molar-refractivity contribution in [3.05, 3.63) is 75.8 Å². The molecule has 1 N–H and O–H groups in total. The average Bonchev–Trinajstić information content (AvgIpc) is 2.61. The van der Waals surface area contributed by atoms with Crippen LogP contribution < -0.4 is 5.32 Å². The van der Waals surface area contributed by atoms with Gasteiger partial charge in [-0.2, -0.15) is 0 Å². The van der Waals surface area contributed by atoms with E-state index in [0.717, 1.165) is 16.5 Å². The highest BCUT2D eigenvalue weighted by Gasteiger charge is 2.15. The standard InChI is InChI=1S/C18H12Cl2FN3OS/c1-10-7-11(26-18-22-5-2-6-23-18)3-4-16(10)24-17(25)12-8-15(21)14(20)9-13(12)19/h2-9H,1H3,(H,24,25). The number of aromatic nitrogens is 2. The number of carbonyl (C=O) groups is 1. The molecule has 26 heavy (non-hydrogen) atoms. The van der Waals surface area contributed by atoms with Gasteiger partial charge in [0, 0.05) is 23.0 Å². The fourth-order valence-corrected chi connectivity index (χ4v) is 3.45. The molecule has 8 heteroatoms. The summed E-state index contributed by atoms with van der Waals surface area (Å²) in [5.74, 6) is -1.21. The van der Waals surface area contributed by atoms with Gasteiger partial charge < -0.3 is 5.32 Å². The monoisotopic (exact) mass is 407 g/mol. The molecule has 0 unspecified atom stereocenters. The lowest BCUT2D eigenvalue weighted by Crippen LogP contribution is -2.13. The third-order valence-electron chi connectivity index (χ3n) is 3.45. The predicted molar refractivity (Wildman–Crippen MR) is 102 cm³/mol. The molecule has 4 nitrogen and oxygen atoms in total. The van der Waals surface area contributed by atoms with Crippen LogP contribution in [0.15, 0.2) is 58.8 Å². The number of aryl methyl sites for hydroxylation is 1. The quantitative estimate of drug-likeness (QED) is 0.449. The molecule has 0 fully saturated rings. The highest BCUT2D eigenvalue weighted by molar-refractivity contribution is 7.99. The number of anilines is 1. The van der Waals surface area contributed by atoms with Crippen molar-refractivity contribution in [2.75, 3.05) is 5.32 Å². The Labute approximate surface area is 163 Å². The van der Waals surface area contributed by atoms with E-state index in [2.05, 4.69) is 15.3 Å². The van der Waals surface area contributed by atoms with Gasteiger partial charge in [0.25, 0.3) is 5.91 Å². The zero-order valence-corrected chi connectivity index (χ0v) is 15.8. The summed E-state index contributed by atoms with van der Waals surface area (Å²) in [5.41, 5.74) is 1.45. The van der Waals surface area contributed by atoms with Crippen LogP contribution in [0.2, 0.25) is 10.0 Å². The molecule has 0 saturated carbocycles. The van der Waals surface area contributed by atoms with Crippen molar-refractivity contribution >= 4 is 46.6 Å². The third kappa shape index (κ3) is 4.33. The second-order valence-corrected chi connectivity index (χ2v) is 7.17. The minimum absolute atomic E-state index is 0.0177. The Morgan fingerprint density at radius 3 is 2.54 bits per heavy atom. The Bertz CT molecular complexity index is 970. The molecule has 1 aromatic heterocycles. The smallest absolute Gasteiger partial charge is 0.257 e. The van der Waals surface area contributed by atoms with E-state index >= 15 is 0 Å². The van der Waals surface area contributed by atoms with Gasteiger partial charge in [-0.05, 0) is 60.6 Å². The van der Waals surface area contributed by atoms with Crippen molar-refractivity contribution in [3.8, 4) is 0 Å². The maximum Gasteiger partial charge on any atom is 0.257 e. The summed E-state index contributed by atoms with van der Waals surface area (Å²) in [7, 11) is 0. The number of benzene rings is 2. The minimum atomic E-state index is -0.701. The van der Waals surface area contributed by atoms with Gasteiger partial charge in [0.05, 0.1) is 15.6 Å². The summed E-state index contributed by atoms with van der Waals surface area (Å²) >= 11 is 13.1. The number of nitrogens with zero attached hydrogens (tertiary/aromatic N) is 2. The van der Waals surface area contributed by atoms with Crippen molar-refractivity contribution in [2.24, 2.45) is 0 Å². The summed E-state index contributed by atoms with van der Waals surface area (Å²) in [6, 6.07) is 9.48. The van der Waals surface area contributed by atoms with Gasteiger partial charge in [0.2, 0.25) is 0 Å². The molecule has 2 aromatic carbocycles. The molecule has 0 spiro atoms. The predicted octanol–water partition coefficient (Wildman–Crippen LogP) is 5.63. The lowest BCUT2D eigenvalue weighted by atomic mass is 10.1. The Balaban J connectivity index is 1.78. The summed E-state index contributed by atoms with van der Waals surface area (Å²) in [6.07, 6.45) is 3.34. The second kappa shape index (κ2) is 8.03. The van der Waals surface area contributed by atoms with Crippen molar-refractivity contribution < 1.29 is 9.18 Å². The molecule has 0 bridgehead atoms. The Morgan fingerprint density at radius 1 is 1.12 bits per heavy atom. The summed E-state index contributed by atoms with van der Waals surface area (Å²) < 4.78 is 13.6. The lowest BCUT2D eigenvalue weighted by molar-refractivity contribution is 0.102. The molecular formula is C18H12Cl2FN3OS. The van der Waals surface area contributed by atoms with Crippen LogP contribution >= 0.6 is 35.0 Å². The number of nitrogens with one attached hydrogen (secondary N) is 1. The van der Waals surface area contributed by atoms with E-state index in [9.17, 15) is 9.18 Å². The Hall–Kier alpha value is -2.15. The average molecular weight is 408 g/mol. The molecule has 0 atom stereocenters. The first-order valence-corrected chi connectivity index (χ1v) is 9.02. The number of halogens is 3. The molecule has 0 aliphatic heterocycles. The molecule has 3 aromatic rings. The van der Waals surface area contributed by atoms with E-state index in [0.29, 0.717) is 10.8 Å². The van der Waals surface area contributed by atoms with E-state index < -0.39 is 11.7 Å². The first-order chi connectivity index (χ1) is 12.4. The molecule has 0 aliphatic carbocycles. The molecule has 132 valence electrons. The maximum absolute atomic E-state index is 13.6. The summed E-state index contributed by atoms with van der Waals surface area (Å²) in [5, 5.41) is 3.31. The van der Waals surface area contributed by atoms with Gasteiger partial charge >= 0.3 is 0 Å². The number of carbonyl (C=O) groups excluding carboxylic acids is 1. The van der Waals surface area contributed by atoms with Crippen LogP contribution in [0.3, 0.4) is 0 Å². The third-order valence-corrected chi connectivity index (χ3v) is 4.94. The van der Waals surface area contributed by atoms with Crippen molar-refractivity contribution in [1.82, 2.24) is 9.97 Å². The number of hydrogen-bond donors (Lipinski definition) is 1. The topological polar surface area (TPSA) is 54.9 Å². The van der Waals surface area contributed by atoms with Crippen LogP contribution in [0.4, 0.5) is 10.1 Å². The van der Waals surface area contributed by atoms with E-state index in [1.807, 2.05) is 19.1 Å². The van der Waals surface area contributed by atoms with Gasteiger partial charge in [-0.15, -0.1) is 0 Å². The largest absolute Gasteiger partial charge is 0.322 e. The highest BCUT2D eigenvalue weighted by Crippen LogP contribution is 2.29. The lowest BCUT2D eigenvalue weighted by Gasteiger charge is -2.11. The van der Waals surface area contributed by atoms with Crippen LogP contribution in [0.5, 0.6) is 0 Å². The fourth-order valence-electron chi connectivity index (χ4n) is 2.17. The molecule has 1 amide bonds. The maximum atomic E-state index is 13.6. The summed E-state index contributed by atoms with van der Waals surface area (Å²) in [6.45, 7) is 1.86. The molecular weight excluding hydrogens is 396 g/mol. The molecule has 1 heterocycles. The number of rotatable bonds is 4. The fraction of sp³-hybridized carbons (Fsp3) is 0.0556. The van der Waals surface area contributed by atoms with Gasteiger partial charge in [-0.3, -0.25) is 4.79 Å². The van der Waals surface area contributed by atoms with Gasteiger partial charge in [-0.1, -0.05) is 23.2 Å². The molecule has 0 saturated heterocycles. The van der Waals surface area contributed by atoms with Gasteiger partial charge in [0.1, 0.15) is 5.82 Å². The molecule has 3 rings (SSSR count). The zero-order valence-electron chi connectivity index (χ0n) is 13.5. The SMILES string of the molecule is Cc1cc(Sc2ncccn2)ccc1NC(=O)c1cc(F)c(Cl)cc1Cl. The highest BCUT2D eigenvalue weighted by atomic mass is 35.5. The first kappa shape index (κ1) is 18.6. The van der Waals surface area contributed by atoms with Crippen LogP contribution in [-0.2, 0) is 0 Å². The van der Waals surface area contributed by atoms with Gasteiger partial charge in [-0.25, -0.2) is 14.4 Å². The van der Waals surface area contributed by atoms with Crippen LogP contribution in [0.1, 0.15) is 15.9 Å². The van der Waals surface area contributed by atoms with Crippen LogP contribution in [0, 0.1) is 12.7 Å². The number of amides is 1. The van der Waals surface area contributed by atoms with E-state index in [4.69, 9.17) is 23.2 Å². The van der Waals surface area contributed by atoms with Crippen molar-refractivity contribution in [3.63, 3.8) is 0 Å². The molecule has 0 aliphatic rings. The number of hydrogen-bond acceptors (Lipinski definition) is 4. The molecule has 0 radical (unpaired) electrons. The van der Waals surface area contributed by atoms with E-state index in [1.54, 1.807) is 24.5 Å². The Kier molecular flexibility index (Phi) is 5.76. The summed E-state index contributed by atoms with van der Waals surface area (Å²) in [4.78, 5) is 21.6. The zero-order chi connectivity index (χ0) is 18.7.